The smallest absolute Gasteiger partial charge is 0.244 e. The van der Waals surface area contributed by atoms with Crippen LogP contribution in [0.2, 0.25) is 0 Å². The van der Waals surface area contributed by atoms with Crippen LogP contribution in [0.1, 0.15) is 19.8 Å². The van der Waals surface area contributed by atoms with Crippen molar-refractivity contribution >= 4 is 25.9 Å². The summed E-state index contributed by atoms with van der Waals surface area (Å²) in [6, 6.07) is 3.02. The summed E-state index contributed by atoms with van der Waals surface area (Å²) >= 11 is 0. The molecule has 1 aromatic rings. The fraction of sp³-hybridized carbons (Fsp3) is 0.643. The van der Waals surface area contributed by atoms with Crippen molar-refractivity contribution in [2.75, 3.05) is 30.7 Å². The Bertz CT molecular complexity index is 770. The molecule has 4 N–H and O–H groups in total. The van der Waals surface area contributed by atoms with E-state index in [0.29, 0.717) is 25.2 Å². The number of rotatable bonds is 8. The van der Waals surface area contributed by atoms with Crippen LogP contribution in [0.4, 0.5) is 5.82 Å². The molecule has 0 radical (unpaired) electrons. The van der Waals surface area contributed by atoms with Crippen molar-refractivity contribution in [3.63, 3.8) is 0 Å². The van der Waals surface area contributed by atoms with Crippen LogP contribution in [0, 0.1) is 5.92 Å². The molecule has 1 fully saturated rings. The molecule has 0 amide bonds. The molecule has 11 heteroatoms. The van der Waals surface area contributed by atoms with Gasteiger partial charge in [-0.15, -0.1) is 0 Å². The molecule has 0 aliphatic carbocycles. The molecule has 2 heterocycles. The predicted molar refractivity (Wildman–Crippen MR) is 93.9 cm³/mol. The zero-order valence-corrected chi connectivity index (χ0v) is 15.6. The van der Waals surface area contributed by atoms with E-state index in [1.54, 1.807) is 13.0 Å². The van der Waals surface area contributed by atoms with E-state index < -0.39 is 26.2 Å². The van der Waals surface area contributed by atoms with Crippen LogP contribution in [0.5, 0.6) is 0 Å². The zero-order chi connectivity index (χ0) is 18.7. The monoisotopic (exact) mass is 392 g/mol. The number of anilines is 1. The van der Waals surface area contributed by atoms with Crippen molar-refractivity contribution in [1.29, 1.82) is 0 Å². The minimum absolute atomic E-state index is 0.0700. The molecule has 1 aliphatic rings. The third kappa shape index (κ3) is 5.61. The normalized spacial score (nSPS) is 22.2. The maximum absolute atomic E-state index is 12.5. The van der Waals surface area contributed by atoms with Gasteiger partial charge < -0.3 is 10.4 Å². The Hall–Kier alpha value is -1.27. The summed E-state index contributed by atoms with van der Waals surface area (Å²) < 4.78 is 47.9. The lowest BCUT2D eigenvalue weighted by Gasteiger charge is -2.16. The fourth-order valence-electron chi connectivity index (χ4n) is 2.53. The number of β-amino-alcohol motifs (C(OH)–C–C–N with tert-alkyl or cyclic N) is 1. The second-order valence-electron chi connectivity index (χ2n) is 6.25. The SMILES string of the molecule is C[C@@H]1CN(S(=O)(=O)c2ccc(NCCCCS(N)(=O)=O)nc2)C[C@H]1O. The van der Waals surface area contributed by atoms with Gasteiger partial charge in [-0.2, -0.15) is 4.31 Å². The summed E-state index contributed by atoms with van der Waals surface area (Å²) in [6.45, 7) is 2.69. The van der Waals surface area contributed by atoms with Gasteiger partial charge in [0, 0.05) is 25.8 Å². The van der Waals surface area contributed by atoms with E-state index in [1.807, 2.05) is 0 Å². The van der Waals surface area contributed by atoms with Crippen LogP contribution < -0.4 is 10.5 Å². The summed E-state index contributed by atoms with van der Waals surface area (Å²) in [4.78, 5) is 4.16. The van der Waals surface area contributed by atoms with Crippen LogP contribution in [-0.2, 0) is 20.0 Å². The molecule has 142 valence electrons. The molecule has 1 aromatic heterocycles. The molecule has 0 aromatic carbocycles. The Kier molecular flexibility index (Phi) is 6.38. The second-order valence-corrected chi connectivity index (χ2v) is 9.92. The van der Waals surface area contributed by atoms with Gasteiger partial charge in [-0.3, -0.25) is 0 Å². The van der Waals surface area contributed by atoms with Crippen molar-refractivity contribution < 1.29 is 21.9 Å². The molecule has 2 rings (SSSR count). The standard InChI is InChI=1S/C14H24N4O5S2/c1-11-9-18(10-13(11)19)25(22,23)12-4-5-14(17-8-12)16-6-2-3-7-24(15,20)21/h4-5,8,11,13,19H,2-3,6-7,9-10H2,1H3,(H,16,17)(H2,15,20,21)/t11-,13-/m1/s1. The molecule has 25 heavy (non-hydrogen) atoms. The number of sulfonamides is 2. The number of nitrogens with one attached hydrogen (secondary N) is 1. The van der Waals surface area contributed by atoms with Gasteiger partial charge in [0.15, 0.2) is 0 Å². The van der Waals surface area contributed by atoms with Gasteiger partial charge in [-0.1, -0.05) is 6.92 Å². The van der Waals surface area contributed by atoms with Crippen molar-refractivity contribution in [2.45, 2.75) is 30.8 Å². The quantitative estimate of drug-likeness (QED) is 0.509. The topological polar surface area (TPSA) is 143 Å². The van der Waals surface area contributed by atoms with Gasteiger partial charge in [0.05, 0.1) is 11.9 Å². The van der Waals surface area contributed by atoms with E-state index in [4.69, 9.17) is 5.14 Å². The van der Waals surface area contributed by atoms with E-state index in [9.17, 15) is 21.9 Å². The van der Waals surface area contributed by atoms with Crippen LogP contribution in [0.15, 0.2) is 23.2 Å². The summed E-state index contributed by atoms with van der Waals surface area (Å²) in [6.07, 6.45) is 1.66. The van der Waals surface area contributed by atoms with Crippen LogP contribution in [0.25, 0.3) is 0 Å². The van der Waals surface area contributed by atoms with Gasteiger partial charge in [-0.25, -0.2) is 27.0 Å². The lowest BCUT2D eigenvalue weighted by molar-refractivity contribution is 0.153. The third-order valence-corrected chi connectivity index (χ3v) is 6.75. The van der Waals surface area contributed by atoms with Gasteiger partial charge >= 0.3 is 0 Å². The van der Waals surface area contributed by atoms with Gasteiger partial charge in [0.2, 0.25) is 20.0 Å². The highest BCUT2D eigenvalue weighted by molar-refractivity contribution is 7.89. The van der Waals surface area contributed by atoms with Gasteiger partial charge in [-0.05, 0) is 30.9 Å². The number of aromatic nitrogens is 1. The van der Waals surface area contributed by atoms with E-state index in [2.05, 4.69) is 10.3 Å². The second kappa shape index (κ2) is 7.96. The largest absolute Gasteiger partial charge is 0.391 e. The highest BCUT2D eigenvalue weighted by atomic mass is 32.2. The van der Waals surface area contributed by atoms with Crippen molar-refractivity contribution in [3.05, 3.63) is 18.3 Å². The molecule has 0 saturated carbocycles. The first-order valence-electron chi connectivity index (χ1n) is 7.98. The first-order valence-corrected chi connectivity index (χ1v) is 11.1. The molecule has 2 atom stereocenters. The molecular weight excluding hydrogens is 368 g/mol. The molecule has 0 spiro atoms. The first-order chi connectivity index (χ1) is 11.6. The number of unbranched alkanes of at least 4 members (excludes halogenated alkanes) is 1. The third-order valence-electron chi connectivity index (χ3n) is 4.08. The maximum Gasteiger partial charge on any atom is 0.244 e. The number of primary sulfonamides is 1. The summed E-state index contributed by atoms with van der Waals surface area (Å²) in [5.41, 5.74) is 0. The Morgan fingerprint density at radius 3 is 2.52 bits per heavy atom. The summed E-state index contributed by atoms with van der Waals surface area (Å²) in [5, 5.41) is 17.7. The molecular formula is C14H24N4O5S2. The van der Waals surface area contributed by atoms with Gasteiger partial charge in [0.25, 0.3) is 0 Å². The number of nitrogens with zero attached hydrogens (tertiary/aromatic N) is 2. The highest BCUT2D eigenvalue weighted by Crippen LogP contribution is 2.24. The van der Waals surface area contributed by atoms with E-state index in [0.717, 1.165) is 0 Å². The van der Waals surface area contributed by atoms with E-state index >= 15 is 0 Å². The average Bonchev–Trinajstić information content (AvgIpc) is 2.86. The van der Waals surface area contributed by atoms with Crippen LogP contribution >= 0.6 is 0 Å². The summed E-state index contributed by atoms with van der Waals surface area (Å²) in [7, 11) is -7.10. The van der Waals surface area contributed by atoms with Crippen LogP contribution in [0.3, 0.4) is 0 Å². The van der Waals surface area contributed by atoms with Crippen molar-refractivity contribution in [2.24, 2.45) is 11.1 Å². The average molecular weight is 393 g/mol. The molecule has 9 nitrogen and oxygen atoms in total. The minimum Gasteiger partial charge on any atom is -0.391 e. The Labute approximate surface area is 148 Å². The molecule has 1 saturated heterocycles. The molecule has 1 aliphatic heterocycles. The first kappa shape index (κ1) is 20.0. The highest BCUT2D eigenvalue weighted by Gasteiger charge is 2.36. The Morgan fingerprint density at radius 1 is 1.28 bits per heavy atom. The summed E-state index contributed by atoms with van der Waals surface area (Å²) in [5.74, 6) is 0.338. The van der Waals surface area contributed by atoms with E-state index in [-0.39, 0.29) is 29.7 Å². The van der Waals surface area contributed by atoms with E-state index in [1.165, 1.54) is 16.6 Å². The van der Waals surface area contributed by atoms with Crippen molar-refractivity contribution in [3.8, 4) is 0 Å². The molecule has 0 bridgehead atoms. The Morgan fingerprint density at radius 2 is 2.00 bits per heavy atom. The number of pyridine rings is 1. The predicted octanol–water partition coefficient (Wildman–Crippen LogP) is -0.436. The van der Waals surface area contributed by atoms with Gasteiger partial charge in [0.1, 0.15) is 10.7 Å². The lowest BCUT2D eigenvalue weighted by Crippen LogP contribution is -2.29. The number of aliphatic hydroxyl groups is 1. The van der Waals surface area contributed by atoms with Crippen LogP contribution in [-0.4, -0.2) is 62.7 Å². The number of hydrogen-bond donors (Lipinski definition) is 3. The molecule has 0 unspecified atom stereocenters. The number of aliphatic hydroxyl groups excluding tert-OH is 1. The van der Waals surface area contributed by atoms with Crippen molar-refractivity contribution in [1.82, 2.24) is 9.29 Å². The minimum atomic E-state index is -3.66. The lowest BCUT2D eigenvalue weighted by atomic mass is 10.1. The Balaban J connectivity index is 1.89. The fourth-order valence-corrected chi connectivity index (χ4v) is 4.64. The maximum atomic E-state index is 12.5. The zero-order valence-electron chi connectivity index (χ0n) is 14.0. The number of nitrogens with two attached hydrogens (primary N) is 1. The number of hydrogen-bond acceptors (Lipinski definition) is 7.